The van der Waals surface area contributed by atoms with Gasteiger partial charge in [0.15, 0.2) is 6.61 Å². The van der Waals surface area contributed by atoms with Gasteiger partial charge in [-0.25, -0.2) is 0 Å². The van der Waals surface area contributed by atoms with Crippen LogP contribution < -0.4 is 5.32 Å². The molecule has 4 heteroatoms. The maximum Gasteiger partial charge on any atom is 0.310 e. The third-order valence-electron chi connectivity index (χ3n) is 4.06. The van der Waals surface area contributed by atoms with Crippen molar-refractivity contribution in [3.63, 3.8) is 0 Å². The summed E-state index contributed by atoms with van der Waals surface area (Å²) in [5, 5.41) is 2.91. The summed E-state index contributed by atoms with van der Waals surface area (Å²) in [7, 11) is 0. The Hall–Kier alpha value is -2.62. The van der Waals surface area contributed by atoms with E-state index in [0.717, 1.165) is 23.1 Å². The van der Waals surface area contributed by atoms with Crippen LogP contribution in [0.25, 0.3) is 0 Å². The van der Waals surface area contributed by atoms with Gasteiger partial charge < -0.3 is 10.1 Å². The monoisotopic (exact) mass is 339 g/mol. The first-order valence-corrected chi connectivity index (χ1v) is 8.55. The topological polar surface area (TPSA) is 55.4 Å². The highest BCUT2D eigenvalue weighted by molar-refractivity contribution is 5.81. The highest BCUT2D eigenvalue weighted by Crippen LogP contribution is 2.17. The molecule has 0 aliphatic carbocycles. The second-order valence-corrected chi connectivity index (χ2v) is 6.26. The standard InChI is InChI=1S/C21H25NO3/c1-4-19(18-11-7-16(3)8-12-18)22-20(23)14-25-21(24)13-17-9-5-15(2)6-10-17/h5-12,19H,4,13-14H2,1-3H3,(H,22,23)/t19-/m1/s1. The molecule has 0 fully saturated rings. The third kappa shape index (κ3) is 6.07. The first-order chi connectivity index (χ1) is 12.0. The van der Waals surface area contributed by atoms with Crippen molar-refractivity contribution in [2.75, 3.05) is 6.61 Å². The number of benzene rings is 2. The Kier molecular flexibility index (Phi) is 6.75. The number of aryl methyl sites for hydroxylation is 2. The van der Waals surface area contributed by atoms with E-state index in [9.17, 15) is 9.59 Å². The fraction of sp³-hybridized carbons (Fsp3) is 0.333. The molecule has 132 valence electrons. The number of rotatable bonds is 7. The van der Waals surface area contributed by atoms with E-state index in [2.05, 4.69) is 5.32 Å². The molecule has 2 rings (SSSR count). The highest BCUT2D eigenvalue weighted by Gasteiger charge is 2.14. The van der Waals surface area contributed by atoms with E-state index >= 15 is 0 Å². The molecule has 1 amide bonds. The van der Waals surface area contributed by atoms with E-state index in [-0.39, 0.29) is 25.0 Å². The molecule has 4 nitrogen and oxygen atoms in total. The summed E-state index contributed by atoms with van der Waals surface area (Å²) < 4.78 is 5.09. The van der Waals surface area contributed by atoms with Crippen molar-refractivity contribution in [1.82, 2.24) is 5.32 Å². The number of amides is 1. The van der Waals surface area contributed by atoms with Crippen LogP contribution in [0, 0.1) is 13.8 Å². The third-order valence-corrected chi connectivity index (χ3v) is 4.06. The second-order valence-electron chi connectivity index (χ2n) is 6.26. The predicted molar refractivity (Wildman–Crippen MR) is 98.2 cm³/mol. The molecule has 0 aromatic heterocycles. The average Bonchev–Trinajstić information content (AvgIpc) is 2.61. The van der Waals surface area contributed by atoms with Crippen molar-refractivity contribution in [3.8, 4) is 0 Å². The summed E-state index contributed by atoms with van der Waals surface area (Å²) >= 11 is 0. The van der Waals surface area contributed by atoms with Crippen molar-refractivity contribution >= 4 is 11.9 Å². The number of hydrogen-bond acceptors (Lipinski definition) is 3. The molecule has 0 saturated carbocycles. The molecule has 2 aromatic rings. The normalized spacial score (nSPS) is 11.6. The Morgan fingerprint density at radius 2 is 1.52 bits per heavy atom. The first kappa shape index (κ1) is 18.7. The van der Waals surface area contributed by atoms with Gasteiger partial charge in [-0.05, 0) is 31.4 Å². The van der Waals surface area contributed by atoms with Gasteiger partial charge in [0.05, 0.1) is 12.5 Å². The number of ether oxygens (including phenoxy) is 1. The van der Waals surface area contributed by atoms with E-state index in [1.807, 2.05) is 69.3 Å². The molecular weight excluding hydrogens is 314 g/mol. The van der Waals surface area contributed by atoms with Crippen molar-refractivity contribution < 1.29 is 14.3 Å². The fourth-order valence-electron chi connectivity index (χ4n) is 2.53. The summed E-state index contributed by atoms with van der Waals surface area (Å²) in [4.78, 5) is 23.9. The first-order valence-electron chi connectivity index (χ1n) is 8.55. The lowest BCUT2D eigenvalue weighted by molar-refractivity contribution is -0.148. The van der Waals surface area contributed by atoms with Crippen LogP contribution in [0.2, 0.25) is 0 Å². The molecule has 0 unspecified atom stereocenters. The molecular formula is C21H25NO3. The van der Waals surface area contributed by atoms with Crippen LogP contribution >= 0.6 is 0 Å². The number of carbonyl (C=O) groups excluding carboxylic acids is 2. The van der Waals surface area contributed by atoms with Crippen LogP contribution in [0.15, 0.2) is 48.5 Å². The minimum atomic E-state index is -0.401. The van der Waals surface area contributed by atoms with Gasteiger partial charge >= 0.3 is 5.97 Å². The Bertz CT molecular complexity index is 705. The lowest BCUT2D eigenvalue weighted by Crippen LogP contribution is -2.32. The van der Waals surface area contributed by atoms with Crippen molar-refractivity contribution in [2.24, 2.45) is 0 Å². The SMILES string of the molecule is CC[C@@H](NC(=O)COC(=O)Cc1ccc(C)cc1)c1ccc(C)cc1. The molecule has 1 atom stereocenters. The molecule has 0 spiro atoms. The zero-order valence-electron chi connectivity index (χ0n) is 15.0. The highest BCUT2D eigenvalue weighted by atomic mass is 16.5. The van der Waals surface area contributed by atoms with Crippen molar-refractivity contribution in [2.45, 2.75) is 39.7 Å². The molecule has 0 heterocycles. The lowest BCUT2D eigenvalue weighted by Gasteiger charge is -2.17. The van der Waals surface area contributed by atoms with Crippen LogP contribution in [-0.4, -0.2) is 18.5 Å². The Morgan fingerprint density at radius 3 is 2.08 bits per heavy atom. The van der Waals surface area contributed by atoms with Gasteiger partial charge in [0.25, 0.3) is 5.91 Å². The summed E-state index contributed by atoms with van der Waals surface area (Å²) in [6, 6.07) is 15.6. The van der Waals surface area contributed by atoms with E-state index in [4.69, 9.17) is 4.74 Å². The molecule has 0 aliphatic rings. The quantitative estimate of drug-likeness (QED) is 0.783. The van der Waals surface area contributed by atoms with Gasteiger partial charge in [-0.15, -0.1) is 0 Å². The van der Waals surface area contributed by atoms with E-state index in [0.29, 0.717) is 0 Å². The van der Waals surface area contributed by atoms with Gasteiger partial charge in [0.2, 0.25) is 0 Å². The Labute approximate surface area is 149 Å². The van der Waals surface area contributed by atoms with E-state index < -0.39 is 5.97 Å². The van der Waals surface area contributed by atoms with Crippen LogP contribution in [0.4, 0.5) is 0 Å². The van der Waals surface area contributed by atoms with E-state index in [1.165, 1.54) is 5.56 Å². The minimum absolute atomic E-state index is 0.0797. The fourth-order valence-corrected chi connectivity index (χ4v) is 2.53. The summed E-state index contributed by atoms with van der Waals surface area (Å²) in [5.41, 5.74) is 4.24. The average molecular weight is 339 g/mol. The van der Waals surface area contributed by atoms with Gasteiger partial charge in [-0.1, -0.05) is 66.6 Å². The zero-order chi connectivity index (χ0) is 18.2. The molecule has 0 bridgehead atoms. The zero-order valence-corrected chi connectivity index (χ0v) is 15.0. The molecule has 0 aliphatic heterocycles. The smallest absolute Gasteiger partial charge is 0.310 e. The van der Waals surface area contributed by atoms with Crippen molar-refractivity contribution in [3.05, 3.63) is 70.8 Å². The molecule has 1 N–H and O–H groups in total. The van der Waals surface area contributed by atoms with Gasteiger partial charge in [-0.3, -0.25) is 9.59 Å². The minimum Gasteiger partial charge on any atom is -0.455 e. The predicted octanol–water partition coefficient (Wildman–Crippen LogP) is 3.66. The maximum absolute atomic E-state index is 12.1. The summed E-state index contributed by atoms with van der Waals surface area (Å²) in [6.45, 7) is 5.77. The lowest BCUT2D eigenvalue weighted by atomic mass is 10.0. The molecule has 0 saturated heterocycles. The number of carbonyl (C=O) groups is 2. The number of esters is 1. The van der Waals surface area contributed by atoms with Crippen LogP contribution in [0.5, 0.6) is 0 Å². The van der Waals surface area contributed by atoms with Crippen molar-refractivity contribution in [1.29, 1.82) is 0 Å². The van der Waals surface area contributed by atoms with Gasteiger partial charge in [-0.2, -0.15) is 0 Å². The Morgan fingerprint density at radius 1 is 0.960 bits per heavy atom. The maximum atomic E-state index is 12.1. The van der Waals surface area contributed by atoms with E-state index in [1.54, 1.807) is 0 Å². The van der Waals surface area contributed by atoms with Crippen LogP contribution in [0.1, 0.15) is 41.6 Å². The summed E-state index contributed by atoms with van der Waals surface area (Å²) in [5.74, 6) is -0.688. The van der Waals surface area contributed by atoms with Gasteiger partial charge in [0, 0.05) is 0 Å². The van der Waals surface area contributed by atoms with Crippen LogP contribution in [0.3, 0.4) is 0 Å². The number of hydrogen-bond donors (Lipinski definition) is 1. The largest absolute Gasteiger partial charge is 0.455 e. The molecule has 25 heavy (non-hydrogen) atoms. The molecule has 0 radical (unpaired) electrons. The summed E-state index contributed by atoms with van der Waals surface area (Å²) in [6.07, 6.45) is 0.939. The Balaban J connectivity index is 1.81. The van der Waals surface area contributed by atoms with Crippen LogP contribution in [-0.2, 0) is 20.7 Å². The second kappa shape index (κ2) is 9.02. The van der Waals surface area contributed by atoms with Gasteiger partial charge in [0.1, 0.15) is 0 Å². The molecule has 2 aromatic carbocycles. The number of nitrogens with one attached hydrogen (secondary N) is 1.